The van der Waals surface area contributed by atoms with Crippen molar-refractivity contribution >= 4 is 11.8 Å². The molecule has 1 aromatic heterocycles. The summed E-state index contributed by atoms with van der Waals surface area (Å²) in [4.78, 5) is 34.1. The van der Waals surface area contributed by atoms with Crippen molar-refractivity contribution in [2.45, 2.75) is 38.8 Å². The Labute approximate surface area is 200 Å². The van der Waals surface area contributed by atoms with Crippen LogP contribution in [0, 0.1) is 23.7 Å². The molecule has 0 saturated heterocycles. The first-order chi connectivity index (χ1) is 16.4. The molecule has 0 unspecified atom stereocenters. The number of aliphatic hydroxyl groups is 1. The van der Waals surface area contributed by atoms with Gasteiger partial charge in [-0.1, -0.05) is 37.0 Å². The second-order valence-electron chi connectivity index (χ2n) is 9.29. The number of aromatic nitrogens is 1. The number of rotatable bonds is 5. The average molecular weight is 462 g/mol. The first-order valence-electron chi connectivity index (χ1n) is 11.8. The third-order valence-corrected chi connectivity index (χ3v) is 6.34. The number of ether oxygens (including phenoxy) is 1. The number of benzene rings is 1. The van der Waals surface area contributed by atoms with E-state index < -0.39 is 6.10 Å². The van der Waals surface area contributed by atoms with Crippen molar-refractivity contribution in [3.8, 4) is 17.7 Å². The minimum Gasteiger partial charge on any atom is -0.472 e. The van der Waals surface area contributed by atoms with Crippen LogP contribution in [0.25, 0.3) is 0 Å². The fraction of sp³-hybridized carbons (Fsp3) is 0.444. The van der Waals surface area contributed by atoms with Crippen molar-refractivity contribution in [1.82, 2.24) is 14.8 Å². The van der Waals surface area contributed by atoms with Gasteiger partial charge in [0.1, 0.15) is 11.7 Å². The third-order valence-electron chi connectivity index (χ3n) is 6.34. The highest BCUT2D eigenvalue weighted by Crippen LogP contribution is 2.29. The Bertz CT molecular complexity index is 1100. The maximum Gasteiger partial charge on any atom is 0.259 e. The van der Waals surface area contributed by atoms with Gasteiger partial charge in [0.2, 0.25) is 5.88 Å². The normalized spacial score (nSPS) is 20.7. The number of pyridine rings is 1. The molecule has 1 aromatic carbocycles. The molecule has 2 aliphatic rings. The topological polar surface area (TPSA) is 83.0 Å². The Kier molecular flexibility index (Phi) is 7.18. The maximum absolute atomic E-state index is 13.4. The number of amides is 2. The van der Waals surface area contributed by atoms with Gasteiger partial charge in [-0.3, -0.25) is 9.59 Å². The van der Waals surface area contributed by atoms with E-state index in [9.17, 15) is 14.7 Å². The molecule has 0 radical (unpaired) electrons. The van der Waals surface area contributed by atoms with Crippen molar-refractivity contribution in [2.24, 2.45) is 11.8 Å². The van der Waals surface area contributed by atoms with E-state index in [1.165, 1.54) is 0 Å². The largest absolute Gasteiger partial charge is 0.472 e. The highest BCUT2D eigenvalue weighted by Gasteiger charge is 2.34. The fourth-order valence-electron chi connectivity index (χ4n) is 3.96. The lowest BCUT2D eigenvalue weighted by atomic mass is 9.99. The first-order valence-corrected chi connectivity index (χ1v) is 11.8. The van der Waals surface area contributed by atoms with E-state index in [-0.39, 0.29) is 36.3 Å². The minimum atomic E-state index is -0.395. The van der Waals surface area contributed by atoms with E-state index in [1.807, 2.05) is 32.0 Å². The van der Waals surface area contributed by atoms with E-state index in [4.69, 9.17) is 4.74 Å². The van der Waals surface area contributed by atoms with Crippen molar-refractivity contribution in [3.63, 3.8) is 0 Å². The zero-order valence-electron chi connectivity index (χ0n) is 19.9. The number of fused-ring (bicyclic) bond motifs is 1. The molecule has 7 nitrogen and oxygen atoms in total. The molecule has 3 atom stereocenters. The summed E-state index contributed by atoms with van der Waals surface area (Å²) < 4.78 is 6.27. The Balaban J connectivity index is 1.63. The van der Waals surface area contributed by atoms with Gasteiger partial charge in [0, 0.05) is 42.8 Å². The summed E-state index contributed by atoms with van der Waals surface area (Å²) in [6.07, 6.45) is 3.46. The highest BCUT2D eigenvalue weighted by molar-refractivity contribution is 5.97. The van der Waals surface area contributed by atoms with E-state index in [0.29, 0.717) is 35.7 Å². The van der Waals surface area contributed by atoms with Gasteiger partial charge < -0.3 is 19.6 Å². The number of carbonyl (C=O) groups is 2. The minimum absolute atomic E-state index is 0.103. The molecule has 0 bridgehead atoms. The number of nitrogens with zero attached hydrogens (tertiary/aromatic N) is 3. The second-order valence-corrected chi connectivity index (χ2v) is 9.29. The molecule has 1 fully saturated rings. The Morgan fingerprint density at radius 2 is 2.06 bits per heavy atom. The standard InChI is InChI=1S/C27H31N3O4/c1-18-15-30(19(2)17-31)27(33)23-13-21(12-11-20-9-10-20)14-28-25(23)34-24(18)16-29(3)26(32)22-7-5-4-6-8-22/h4-8,13-14,18-20,24,31H,9-10,15-17H2,1-3H3/t18-,19+,24-/m1/s1. The van der Waals surface area contributed by atoms with Gasteiger partial charge in [-0.25, -0.2) is 4.98 Å². The zero-order chi connectivity index (χ0) is 24.2. The zero-order valence-corrected chi connectivity index (χ0v) is 19.9. The molecular formula is C27H31N3O4. The second kappa shape index (κ2) is 10.3. The monoisotopic (exact) mass is 461 g/mol. The predicted molar refractivity (Wildman–Crippen MR) is 128 cm³/mol. The van der Waals surface area contributed by atoms with Crippen LogP contribution in [-0.4, -0.2) is 70.6 Å². The predicted octanol–water partition coefficient (Wildman–Crippen LogP) is 2.84. The van der Waals surface area contributed by atoms with Gasteiger partial charge in [0.15, 0.2) is 0 Å². The summed E-state index contributed by atoms with van der Waals surface area (Å²) in [6.45, 7) is 4.36. The van der Waals surface area contributed by atoms with Gasteiger partial charge >= 0.3 is 0 Å². The lowest BCUT2D eigenvalue weighted by Gasteiger charge is -2.37. The summed E-state index contributed by atoms with van der Waals surface area (Å²) in [6, 6.07) is 10.5. The molecule has 2 aromatic rings. The molecule has 2 heterocycles. The smallest absolute Gasteiger partial charge is 0.259 e. The first kappa shape index (κ1) is 23.8. The van der Waals surface area contributed by atoms with Crippen LogP contribution in [0.5, 0.6) is 5.88 Å². The van der Waals surface area contributed by atoms with Crippen LogP contribution in [-0.2, 0) is 0 Å². The summed E-state index contributed by atoms with van der Waals surface area (Å²) in [7, 11) is 1.74. The van der Waals surface area contributed by atoms with Crippen LogP contribution in [0.3, 0.4) is 0 Å². The van der Waals surface area contributed by atoms with E-state index in [1.54, 1.807) is 41.2 Å². The summed E-state index contributed by atoms with van der Waals surface area (Å²) in [5, 5.41) is 9.80. The van der Waals surface area contributed by atoms with E-state index >= 15 is 0 Å². The summed E-state index contributed by atoms with van der Waals surface area (Å²) in [5.74, 6) is 6.53. The van der Waals surface area contributed by atoms with Crippen LogP contribution in [0.15, 0.2) is 42.6 Å². The van der Waals surface area contributed by atoms with Crippen molar-refractivity contribution in [1.29, 1.82) is 0 Å². The van der Waals surface area contributed by atoms with Crippen molar-refractivity contribution in [3.05, 3.63) is 59.3 Å². The lowest BCUT2D eigenvalue weighted by Crippen LogP contribution is -2.50. The van der Waals surface area contributed by atoms with Gasteiger partial charge in [0.05, 0.1) is 19.2 Å². The highest BCUT2D eigenvalue weighted by atomic mass is 16.5. The summed E-state index contributed by atoms with van der Waals surface area (Å²) in [5.41, 5.74) is 1.60. The molecule has 1 N–H and O–H groups in total. The molecule has 4 rings (SSSR count). The number of carbonyl (C=O) groups excluding carboxylic acids is 2. The van der Waals surface area contributed by atoms with Crippen LogP contribution in [0.2, 0.25) is 0 Å². The molecule has 1 saturated carbocycles. The van der Waals surface area contributed by atoms with E-state index in [2.05, 4.69) is 16.8 Å². The Hall–Kier alpha value is -3.37. The Morgan fingerprint density at radius 1 is 1.32 bits per heavy atom. The fourth-order valence-corrected chi connectivity index (χ4v) is 3.96. The van der Waals surface area contributed by atoms with Gasteiger partial charge in [-0.15, -0.1) is 0 Å². The van der Waals surface area contributed by atoms with Crippen molar-refractivity contribution < 1.29 is 19.4 Å². The molecule has 2 amide bonds. The van der Waals surface area contributed by atoms with Gasteiger partial charge in [-0.2, -0.15) is 0 Å². The molecular weight excluding hydrogens is 430 g/mol. The third kappa shape index (κ3) is 5.40. The number of likely N-dealkylation sites (N-methyl/N-ethyl adjacent to an activating group) is 1. The number of hydrogen-bond acceptors (Lipinski definition) is 5. The number of aliphatic hydroxyl groups excluding tert-OH is 1. The molecule has 1 aliphatic carbocycles. The SMILES string of the molecule is C[C@@H]1CN([C@@H](C)CO)C(=O)c2cc(C#CC3CC3)cnc2O[C@@H]1CN(C)C(=O)c1ccccc1. The average Bonchev–Trinajstić information content (AvgIpc) is 3.69. The molecule has 34 heavy (non-hydrogen) atoms. The quantitative estimate of drug-likeness (QED) is 0.693. The molecule has 178 valence electrons. The molecule has 1 aliphatic heterocycles. The Morgan fingerprint density at radius 3 is 2.74 bits per heavy atom. The summed E-state index contributed by atoms with van der Waals surface area (Å²) >= 11 is 0. The molecule has 0 spiro atoms. The van der Waals surface area contributed by atoms with Crippen molar-refractivity contribution in [2.75, 3.05) is 26.7 Å². The van der Waals surface area contributed by atoms with Crippen LogP contribution < -0.4 is 4.74 Å². The van der Waals surface area contributed by atoms with E-state index in [0.717, 1.165) is 12.8 Å². The lowest BCUT2D eigenvalue weighted by molar-refractivity contribution is 0.0313. The van der Waals surface area contributed by atoms with Gasteiger partial charge in [0.25, 0.3) is 11.8 Å². The molecule has 7 heteroatoms. The van der Waals surface area contributed by atoms with Crippen LogP contribution in [0.4, 0.5) is 0 Å². The van der Waals surface area contributed by atoms with Crippen LogP contribution >= 0.6 is 0 Å². The van der Waals surface area contributed by atoms with Crippen LogP contribution in [0.1, 0.15) is 53.0 Å². The maximum atomic E-state index is 13.4. The number of hydrogen-bond donors (Lipinski definition) is 1. The van der Waals surface area contributed by atoms with Gasteiger partial charge in [-0.05, 0) is 38.0 Å².